The molecule has 6 N–H and O–H groups in total. The molecular formula is C25H39N3O8. The van der Waals surface area contributed by atoms with Gasteiger partial charge in [0.25, 0.3) is 5.91 Å². The summed E-state index contributed by atoms with van der Waals surface area (Å²) in [4.78, 5) is 24.3. The van der Waals surface area contributed by atoms with Crippen molar-refractivity contribution in [1.29, 1.82) is 5.41 Å². The number of benzene rings is 1. The van der Waals surface area contributed by atoms with Gasteiger partial charge in [0.05, 0.1) is 19.3 Å². The van der Waals surface area contributed by atoms with Gasteiger partial charge in [-0.25, -0.2) is 4.79 Å². The Hall–Kier alpha value is -2.83. The van der Waals surface area contributed by atoms with Crippen molar-refractivity contribution >= 4 is 23.8 Å². The number of carbonyl (C=O) groups excluding carboxylic acids is 1. The second-order valence-corrected chi connectivity index (χ2v) is 8.50. The van der Waals surface area contributed by atoms with Gasteiger partial charge >= 0.3 is 5.97 Å². The monoisotopic (exact) mass is 509 g/mol. The number of nitrogens with two attached hydrogens (primary N) is 1. The number of carboxylic acids is 1. The first-order valence-corrected chi connectivity index (χ1v) is 11.7. The average Bonchev–Trinajstić information content (AvgIpc) is 2.82. The van der Waals surface area contributed by atoms with Crippen LogP contribution in [0.3, 0.4) is 0 Å². The van der Waals surface area contributed by atoms with Crippen LogP contribution < -0.4 is 11.1 Å². The van der Waals surface area contributed by atoms with Crippen molar-refractivity contribution in [2.45, 2.75) is 64.4 Å². The van der Waals surface area contributed by atoms with Crippen LogP contribution in [-0.4, -0.2) is 84.9 Å². The van der Waals surface area contributed by atoms with Crippen LogP contribution in [0.1, 0.15) is 38.1 Å². The van der Waals surface area contributed by atoms with E-state index in [2.05, 4.69) is 11.9 Å². The Morgan fingerprint density at radius 2 is 1.94 bits per heavy atom. The van der Waals surface area contributed by atoms with Crippen molar-refractivity contribution in [3.05, 3.63) is 42.5 Å². The Labute approximate surface area is 212 Å². The molecule has 36 heavy (non-hydrogen) atoms. The fraction of sp³-hybridized carbons (Fsp3) is 0.560. The van der Waals surface area contributed by atoms with Crippen LogP contribution in [0.25, 0.3) is 0 Å². The van der Waals surface area contributed by atoms with Crippen LogP contribution >= 0.6 is 0 Å². The van der Waals surface area contributed by atoms with E-state index in [4.69, 9.17) is 30.1 Å². The van der Waals surface area contributed by atoms with E-state index in [9.17, 15) is 19.8 Å². The summed E-state index contributed by atoms with van der Waals surface area (Å²) in [5.41, 5.74) is 6.51. The van der Waals surface area contributed by atoms with E-state index in [1.807, 2.05) is 6.92 Å². The maximum absolute atomic E-state index is 13.0. The van der Waals surface area contributed by atoms with E-state index in [0.717, 1.165) is 0 Å². The molecule has 11 nitrogen and oxygen atoms in total. The Morgan fingerprint density at radius 3 is 2.47 bits per heavy atom. The molecule has 0 saturated carbocycles. The van der Waals surface area contributed by atoms with Gasteiger partial charge in [-0.15, -0.1) is 6.58 Å². The summed E-state index contributed by atoms with van der Waals surface area (Å²) in [5, 5.41) is 28.1. The molecule has 1 saturated heterocycles. The van der Waals surface area contributed by atoms with E-state index >= 15 is 0 Å². The number of nitrogens with one attached hydrogen (secondary N) is 2. The largest absolute Gasteiger partial charge is 0.480 e. The molecule has 1 aliphatic heterocycles. The van der Waals surface area contributed by atoms with Crippen molar-refractivity contribution in [1.82, 2.24) is 5.32 Å². The number of hydrogen-bond acceptors (Lipinski definition) is 9. The number of hydrogen-bond donors (Lipinski definition) is 5. The highest BCUT2D eigenvalue weighted by molar-refractivity contribution is 5.95. The zero-order valence-corrected chi connectivity index (χ0v) is 21.3. The molecule has 1 heterocycles. The van der Waals surface area contributed by atoms with Crippen molar-refractivity contribution in [3.63, 3.8) is 0 Å². The number of carboxylic acid groups (broad SMARTS) is 1. The number of anilines is 1. The number of aliphatic hydroxyl groups is 1. The van der Waals surface area contributed by atoms with Gasteiger partial charge in [-0.05, 0) is 51.1 Å². The number of aliphatic hydroxyl groups excluding tert-OH is 1. The highest BCUT2D eigenvalue weighted by atomic mass is 16.7. The SMILES string of the molecule is C=CC(C)COC1C(CO)OC(OC(C)C)C(NC(=O)c2cccc(N)c2)[C@H]1OCC(=O)O.CC=N. The number of rotatable bonds is 12. The second kappa shape index (κ2) is 16.0. The number of amides is 1. The van der Waals surface area contributed by atoms with Crippen LogP contribution in [0, 0.1) is 11.3 Å². The van der Waals surface area contributed by atoms with Gasteiger partial charge in [0.1, 0.15) is 31.0 Å². The zero-order chi connectivity index (χ0) is 27.3. The van der Waals surface area contributed by atoms with Crippen LogP contribution in [0.2, 0.25) is 0 Å². The van der Waals surface area contributed by atoms with Crippen molar-refractivity contribution in [2.75, 3.05) is 25.6 Å². The van der Waals surface area contributed by atoms with Gasteiger partial charge in [-0.1, -0.05) is 19.1 Å². The maximum atomic E-state index is 13.0. The van der Waals surface area contributed by atoms with Crippen molar-refractivity contribution in [3.8, 4) is 0 Å². The van der Waals surface area contributed by atoms with E-state index < -0.39 is 55.7 Å². The van der Waals surface area contributed by atoms with Crippen LogP contribution in [0.15, 0.2) is 36.9 Å². The molecule has 0 spiro atoms. The molecule has 1 aliphatic rings. The van der Waals surface area contributed by atoms with Crippen LogP contribution in [0.4, 0.5) is 5.69 Å². The molecular weight excluding hydrogens is 470 g/mol. The van der Waals surface area contributed by atoms with Gasteiger partial charge < -0.3 is 45.6 Å². The quantitative estimate of drug-likeness (QED) is 0.160. The molecule has 0 aromatic heterocycles. The molecule has 1 amide bonds. The third-order valence-corrected chi connectivity index (χ3v) is 5.03. The van der Waals surface area contributed by atoms with Gasteiger partial charge in [0, 0.05) is 11.3 Å². The fourth-order valence-electron chi connectivity index (χ4n) is 3.40. The summed E-state index contributed by atoms with van der Waals surface area (Å²) in [6.45, 7) is 10.0. The first-order valence-electron chi connectivity index (χ1n) is 11.7. The van der Waals surface area contributed by atoms with Gasteiger partial charge in [-0.3, -0.25) is 4.79 Å². The number of aliphatic carboxylic acids is 1. The zero-order valence-electron chi connectivity index (χ0n) is 21.3. The Kier molecular flexibility index (Phi) is 13.9. The summed E-state index contributed by atoms with van der Waals surface area (Å²) in [6.07, 6.45) is -1.10. The van der Waals surface area contributed by atoms with E-state index in [-0.39, 0.29) is 18.6 Å². The molecule has 0 aliphatic carbocycles. The molecule has 1 aromatic carbocycles. The topological polar surface area (TPSA) is 173 Å². The molecule has 0 bridgehead atoms. The normalized spacial score (nSPS) is 24.2. The summed E-state index contributed by atoms with van der Waals surface area (Å²) in [5.74, 6) is -1.69. The lowest BCUT2D eigenvalue weighted by molar-refractivity contribution is -0.291. The van der Waals surface area contributed by atoms with E-state index in [1.54, 1.807) is 45.0 Å². The Bertz CT molecular complexity index is 850. The predicted molar refractivity (Wildman–Crippen MR) is 135 cm³/mol. The van der Waals surface area contributed by atoms with Crippen LogP contribution in [0.5, 0.6) is 0 Å². The number of carbonyl (C=O) groups is 2. The first-order chi connectivity index (χ1) is 17.1. The molecule has 2 rings (SSSR count). The average molecular weight is 510 g/mol. The highest BCUT2D eigenvalue weighted by Gasteiger charge is 2.49. The lowest BCUT2D eigenvalue weighted by Gasteiger charge is -2.46. The molecule has 0 radical (unpaired) electrons. The smallest absolute Gasteiger partial charge is 0.329 e. The number of ether oxygens (including phenoxy) is 4. The highest BCUT2D eigenvalue weighted by Crippen LogP contribution is 2.28. The fourth-order valence-corrected chi connectivity index (χ4v) is 3.40. The third kappa shape index (κ3) is 10.0. The van der Waals surface area contributed by atoms with Gasteiger partial charge in [-0.2, -0.15) is 0 Å². The second-order valence-electron chi connectivity index (χ2n) is 8.50. The molecule has 1 fully saturated rings. The lowest BCUT2D eigenvalue weighted by Crippen LogP contribution is -2.66. The van der Waals surface area contributed by atoms with Gasteiger partial charge in [0.2, 0.25) is 0 Å². The standard InChI is InChI=1S/C23H34N2O8.C2H5N/c1-5-14(4)11-30-20-17(10-26)33-23(32-13(2)3)19(21(20)31-12-18(27)28)25-22(29)15-7-6-8-16(24)9-15;1-2-3/h5-9,13-14,17,19-21,23,26H,1,10-12,24H2,2-4H3,(H,25,29)(H,27,28);2-3H,1H3/t14?,17?,19?,20?,21-,23?;/m1./s1. The Morgan fingerprint density at radius 1 is 1.28 bits per heavy atom. The first kappa shape index (κ1) is 31.2. The summed E-state index contributed by atoms with van der Waals surface area (Å²) in [7, 11) is 0. The van der Waals surface area contributed by atoms with Gasteiger partial charge in [0.15, 0.2) is 6.29 Å². The number of nitrogen functional groups attached to an aromatic ring is 1. The molecule has 11 heteroatoms. The van der Waals surface area contributed by atoms with Crippen molar-refractivity contribution in [2.24, 2.45) is 5.92 Å². The summed E-state index contributed by atoms with van der Waals surface area (Å²) < 4.78 is 23.5. The van der Waals surface area contributed by atoms with Crippen LogP contribution in [-0.2, 0) is 23.7 Å². The summed E-state index contributed by atoms with van der Waals surface area (Å²) >= 11 is 0. The minimum Gasteiger partial charge on any atom is -0.480 e. The third-order valence-electron chi connectivity index (χ3n) is 5.03. The van der Waals surface area contributed by atoms with Crippen molar-refractivity contribution < 1.29 is 38.7 Å². The molecule has 1 aromatic rings. The maximum Gasteiger partial charge on any atom is 0.329 e. The molecule has 202 valence electrons. The van der Waals surface area contributed by atoms with E-state index in [1.165, 1.54) is 12.3 Å². The van der Waals surface area contributed by atoms with E-state index in [0.29, 0.717) is 11.3 Å². The molecule has 5 unspecified atom stereocenters. The molecule has 6 atom stereocenters. The predicted octanol–water partition coefficient (Wildman–Crippen LogP) is 1.84. The Balaban J connectivity index is 0.00000205. The minimum absolute atomic E-state index is 0.0190. The lowest BCUT2D eigenvalue weighted by atomic mass is 9.95. The summed E-state index contributed by atoms with van der Waals surface area (Å²) in [6, 6.07) is 5.47. The minimum atomic E-state index is -1.19.